The van der Waals surface area contributed by atoms with Crippen LogP contribution in [0.3, 0.4) is 0 Å². The maximum atomic E-state index is 9.37. The second-order valence-electron chi connectivity index (χ2n) is 7.30. The lowest BCUT2D eigenvalue weighted by molar-refractivity contribution is 0.252. The molecular weight excluding hydrogens is 346 g/mol. The van der Waals surface area contributed by atoms with Gasteiger partial charge in [-0.15, -0.1) is 0 Å². The molecule has 2 N–H and O–H groups in total. The fraction of sp³-hybridized carbons (Fsp3) is 0.400. The number of H-pyrrole nitrogens is 1. The van der Waals surface area contributed by atoms with E-state index in [-0.39, 0.29) is 0 Å². The summed E-state index contributed by atoms with van der Waals surface area (Å²) in [5.41, 5.74) is 2.94. The van der Waals surface area contributed by atoms with Crippen molar-refractivity contribution in [2.45, 2.75) is 39.2 Å². The number of imidazole rings is 1. The first kappa shape index (κ1) is 17.0. The normalized spacial score (nSPS) is 23.1. The van der Waals surface area contributed by atoms with Crippen LogP contribution in [0, 0.1) is 23.2 Å². The number of halogens is 1. The van der Waals surface area contributed by atoms with E-state index in [2.05, 4.69) is 30.3 Å². The first-order valence-corrected chi connectivity index (χ1v) is 9.48. The van der Waals surface area contributed by atoms with Crippen molar-refractivity contribution in [1.82, 2.24) is 14.6 Å². The predicted octanol–water partition coefficient (Wildman–Crippen LogP) is 5.09. The molecule has 4 rings (SSSR count). The molecule has 3 aromatic rings. The standard InChI is InChI=1S/C20H22ClN5/c1-12-5-3-8-17(13(12)2)24-20-18(14-6-4-7-16(21)9-14)25-19-15(10-22)11-23-26(19)20/h4,6-7,9,11-13,17,23-24H,3,5,8H2,1-2H3/t12-,13-,17-/m1/s1. The van der Waals surface area contributed by atoms with E-state index in [1.807, 2.05) is 28.8 Å². The maximum absolute atomic E-state index is 9.37. The summed E-state index contributed by atoms with van der Waals surface area (Å²) in [7, 11) is 0. The second kappa shape index (κ2) is 6.69. The van der Waals surface area contributed by atoms with Crippen LogP contribution in [0.2, 0.25) is 5.02 Å². The lowest BCUT2D eigenvalue weighted by Crippen LogP contribution is -2.35. The summed E-state index contributed by atoms with van der Waals surface area (Å²) in [6.45, 7) is 4.64. The Morgan fingerprint density at radius 3 is 2.96 bits per heavy atom. The Morgan fingerprint density at radius 2 is 2.19 bits per heavy atom. The van der Waals surface area contributed by atoms with Crippen LogP contribution in [0.15, 0.2) is 30.5 Å². The van der Waals surface area contributed by atoms with Gasteiger partial charge in [0.2, 0.25) is 0 Å². The summed E-state index contributed by atoms with van der Waals surface area (Å²) < 4.78 is 1.88. The van der Waals surface area contributed by atoms with E-state index in [0.29, 0.717) is 34.1 Å². The zero-order chi connectivity index (χ0) is 18.3. The summed E-state index contributed by atoms with van der Waals surface area (Å²) in [5.74, 6) is 2.17. The molecule has 2 aromatic heterocycles. The number of anilines is 1. The van der Waals surface area contributed by atoms with Crippen LogP contribution in [0.25, 0.3) is 16.9 Å². The topological polar surface area (TPSA) is 68.9 Å². The van der Waals surface area contributed by atoms with Crippen molar-refractivity contribution < 1.29 is 0 Å². The van der Waals surface area contributed by atoms with Gasteiger partial charge in [0.1, 0.15) is 17.3 Å². The van der Waals surface area contributed by atoms with E-state index in [1.54, 1.807) is 6.20 Å². The SMILES string of the molecule is C[C@@H]1[C@H](C)CCC[C@H]1Nc1c(-c2cccc(Cl)c2)nc2c(C#N)c[nH]n12. The number of fused-ring (bicyclic) bond motifs is 1. The quantitative estimate of drug-likeness (QED) is 0.677. The zero-order valence-electron chi connectivity index (χ0n) is 15.0. The molecule has 0 radical (unpaired) electrons. The van der Waals surface area contributed by atoms with Gasteiger partial charge in [-0.1, -0.05) is 50.4 Å². The van der Waals surface area contributed by atoms with Crippen molar-refractivity contribution in [3.8, 4) is 17.3 Å². The van der Waals surface area contributed by atoms with Crippen LogP contribution in [-0.2, 0) is 0 Å². The summed E-state index contributed by atoms with van der Waals surface area (Å²) in [6, 6.07) is 10.3. The maximum Gasteiger partial charge on any atom is 0.173 e. The van der Waals surface area contributed by atoms with E-state index in [1.165, 1.54) is 12.8 Å². The number of hydrogen-bond donors (Lipinski definition) is 2. The van der Waals surface area contributed by atoms with Gasteiger partial charge in [-0.2, -0.15) is 5.26 Å². The van der Waals surface area contributed by atoms with E-state index in [0.717, 1.165) is 23.5 Å². The van der Waals surface area contributed by atoms with E-state index >= 15 is 0 Å². The molecule has 6 heteroatoms. The van der Waals surface area contributed by atoms with Gasteiger partial charge in [-0.05, 0) is 30.4 Å². The van der Waals surface area contributed by atoms with Crippen LogP contribution < -0.4 is 5.32 Å². The van der Waals surface area contributed by atoms with Gasteiger partial charge in [-0.3, -0.25) is 5.10 Å². The molecule has 0 saturated heterocycles. The Labute approximate surface area is 158 Å². The highest BCUT2D eigenvalue weighted by molar-refractivity contribution is 6.30. The van der Waals surface area contributed by atoms with Crippen molar-refractivity contribution in [3.05, 3.63) is 41.0 Å². The van der Waals surface area contributed by atoms with Gasteiger partial charge in [0.05, 0.1) is 0 Å². The minimum absolute atomic E-state index is 0.380. The number of hydrogen-bond acceptors (Lipinski definition) is 3. The molecule has 1 aliphatic rings. The minimum atomic E-state index is 0.380. The van der Waals surface area contributed by atoms with Crippen LogP contribution in [0.5, 0.6) is 0 Å². The van der Waals surface area contributed by atoms with E-state index in [9.17, 15) is 5.26 Å². The van der Waals surface area contributed by atoms with Crippen LogP contribution in [0.4, 0.5) is 5.82 Å². The third-order valence-electron chi connectivity index (χ3n) is 5.70. The summed E-state index contributed by atoms with van der Waals surface area (Å²) >= 11 is 6.20. The predicted molar refractivity (Wildman–Crippen MR) is 104 cm³/mol. The second-order valence-corrected chi connectivity index (χ2v) is 7.73. The molecule has 5 nitrogen and oxygen atoms in total. The molecule has 0 amide bonds. The summed E-state index contributed by atoms with van der Waals surface area (Å²) in [6.07, 6.45) is 5.34. The number of nitrogens with one attached hydrogen (secondary N) is 2. The zero-order valence-corrected chi connectivity index (χ0v) is 15.7. The van der Waals surface area contributed by atoms with E-state index < -0.39 is 0 Å². The van der Waals surface area contributed by atoms with Gasteiger partial charge in [-0.25, -0.2) is 9.50 Å². The number of nitriles is 1. The fourth-order valence-electron chi connectivity index (χ4n) is 3.93. The third kappa shape index (κ3) is 2.85. The molecular formula is C20H22ClN5. The summed E-state index contributed by atoms with van der Waals surface area (Å²) in [5, 5.41) is 16.9. The van der Waals surface area contributed by atoms with Crippen LogP contribution >= 0.6 is 11.6 Å². The molecule has 134 valence electrons. The molecule has 0 aliphatic heterocycles. The average molecular weight is 368 g/mol. The fourth-order valence-corrected chi connectivity index (χ4v) is 4.12. The molecule has 1 saturated carbocycles. The first-order valence-electron chi connectivity index (χ1n) is 9.11. The number of benzene rings is 1. The lowest BCUT2D eigenvalue weighted by Gasteiger charge is -2.35. The minimum Gasteiger partial charge on any atom is -0.365 e. The Bertz CT molecular complexity index is 980. The monoisotopic (exact) mass is 367 g/mol. The number of aromatic amines is 1. The lowest BCUT2D eigenvalue weighted by atomic mass is 9.78. The Balaban J connectivity index is 1.82. The van der Waals surface area contributed by atoms with Gasteiger partial charge < -0.3 is 5.32 Å². The number of nitrogens with zero attached hydrogens (tertiary/aromatic N) is 3. The Kier molecular flexibility index (Phi) is 4.37. The largest absolute Gasteiger partial charge is 0.365 e. The third-order valence-corrected chi connectivity index (χ3v) is 5.94. The van der Waals surface area contributed by atoms with Gasteiger partial charge in [0.15, 0.2) is 11.5 Å². The molecule has 0 bridgehead atoms. The molecule has 1 aromatic carbocycles. The Hall–Kier alpha value is -2.45. The molecule has 0 unspecified atom stereocenters. The van der Waals surface area contributed by atoms with Crippen molar-refractivity contribution in [2.75, 3.05) is 5.32 Å². The summed E-state index contributed by atoms with van der Waals surface area (Å²) in [4.78, 5) is 4.75. The highest BCUT2D eigenvalue weighted by atomic mass is 35.5. The van der Waals surface area contributed by atoms with Crippen LogP contribution in [0.1, 0.15) is 38.7 Å². The van der Waals surface area contributed by atoms with E-state index in [4.69, 9.17) is 16.6 Å². The molecule has 1 aliphatic carbocycles. The smallest absolute Gasteiger partial charge is 0.173 e. The molecule has 3 atom stereocenters. The molecule has 26 heavy (non-hydrogen) atoms. The highest BCUT2D eigenvalue weighted by Crippen LogP contribution is 2.36. The van der Waals surface area contributed by atoms with Gasteiger partial charge in [0, 0.05) is 22.8 Å². The van der Waals surface area contributed by atoms with Gasteiger partial charge in [0.25, 0.3) is 0 Å². The first-order chi connectivity index (χ1) is 12.6. The van der Waals surface area contributed by atoms with Gasteiger partial charge >= 0.3 is 0 Å². The molecule has 0 spiro atoms. The van der Waals surface area contributed by atoms with Crippen molar-refractivity contribution in [3.63, 3.8) is 0 Å². The van der Waals surface area contributed by atoms with Crippen molar-refractivity contribution >= 4 is 23.1 Å². The Morgan fingerprint density at radius 1 is 1.35 bits per heavy atom. The number of rotatable bonds is 3. The number of aromatic nitrogens is 3. The van der Waals surface area contributed by atoms with Crippen molar-refractivity contribution in [2.24, 2.45) is 11.8 Å². The van der Waals surface area contributed by atoms with Crippen molar-refractivity contribution in [1.29, 1.82) is 5.26 Å². The highest BCUT2D eigenvalue weighted by Gasteiger charge is 2.29. The molecule has 2 heterocycles. The average Bonchev–Trinajstić information content (AvgIpc) is 3.18. The van der Waals surface area contributed by atoms with Crippen LogP contribution in [-0.4, -0.2) is 20.6 Å². The molecule has 1 fully saturated rings.